The third-order valence-electron chi connectivity index (χ3n) is 19.0. The summed E-state index contributed by atoms with van der Waals surface area (Å²) in [4.78, 5) is 106. The number of thiophene rings is 3. The normalized spacial score (nSPS) is 10.2. The molecule has 0 aliphatic heterocycles. The molecule has 0 radical (unpaired) electrons. The number of aryl methyl sites for hydroxylation is 7. The molecule has 0 unspecified atom stereocenters. The van der Waals surface area contributed by atoms with Crippen LogP contribution in [0.4, 0.5) is 45.9 Å². The molecule has 0 atom stereocenters. The fourth-order valence-electron chi connectivity index (χ4n) is 12.6. The number of nitrogens with one attached hydrogen (secondary N) is 2. The number of rotatable bonds is 26. The first-order valence-corrected chi connectivity index (χ1v) is 42.6. The molecule has 10 heterocycles. The number of allylic oxidation sites excluding steroid dienone is 1. The predicted molar refractivity (Wildman–Crippen MR) is 495 cm³/mol. The Hall–Kier alpha value is -13.8. The molecule has 2 N–H and O–H groups in total. The van der Waals surface area contributed by atoms with Crippen LogP contribution in [0.3, 0.4) is 0 Å². The maximum Gasteiger partial charge on any atom is 2.00 e. The zero-order valence-electron chi connectivity index (χ0n) is 71.3. The average Bonchev–Trinajstić information content (AvgIpc) is 1.51. The van der Waals surface area contributed by atoms with E-state index in [1.165, 1.54) is 69.6 Å². The van der Waals surface area contributed by atoms with Crippen LogP contribution < -0.4 is 19.3 Å². The van der Waals surface area contributed by atoms with Crippen LogP contribution in [-0.4, -0.2) is 90.8 Å². The average molecular weight is 1880 g/mol. The summed E-state index contributed by atoms with van der Waals surface area (Å²) >= 11 is 8.77. The molecule has 14 rings (SSSR count). The van der Waals surface area contributed by atoms with Gasteiger partial charge < -0.3 is 30.4 Å². The Morgan fingerprint density at radius 2 is 0.805 bits per heavy atom. The van der Waals surface area contributed by atoms with E-state index in [1.54, 1.807) is 60.4 Å². The number of aromatic nitrogens is 7. The smallest absolute Gasteiger partial charge is 0.753 e. The maximum atomic E-state index is 12.5. The molecular weight excluding hydrogens is 1790 g/mol. The Balaban J connectivity index is 0.000000280. The van der Waals surface area contributed by atoms with Crippen molar-refractivity contribution < 1.29 is 80.5 Å². The zero-order valence-corrected chi connectivity index (χ0v) is 76.3. The molecular formula is C98H89F3N12O10RuS4. The molecule has 30 heteroatoms. The first kappa shape index (κ1) is 103. The SMILES string of the molecule is CCCCCCc1ccsc1-c1ccnc(/C([NH-])=C/C(=N)C(F)(F)F)c1.CCc1ccnc(-c2cc(CC)cc(-c3cc(-c4ccc(N(c5ccc(C)cc5)c5ccc(OC)cc5)s4)ccn3)n2)c1.CCc1ccnc(-c2cc(CC)cc(-c3cc(-c4ccc(N(c5ccc(C)cc5)c5ccc(OC)cc5)s4)ccn3)n2)c1.O=C=O.O=C=O.O=C=O.O=C=O.[N-]=C=S.[Ru+2]. The van der Waals surface area contributed by atoms with Gasteiger partial charge in [0.25, 0.3) is 0 Å². The number of anilines is 6. The second-order valence-electron chi connectivity index (χ2n) is 27.3. The Kier molecular flexibility index (Phi) is 43.6. The zero-order chi connectivity index (χ0) is 92.2. The van der Waals surface area contributed by atoms with E-state index in [2.05, 4.69) is 261 Å². The quantitative estimate of drug-likeness (QED) is 0.0228. The molecule has 14 aromatic rings. The molecule has 4 aromatic carbocycles. The van der Waals surface area contributed by atoms with E-state index >= 15 is 0 Å². The molecule has 0 bridgehead atoms. The number of alkyl halides is 3. The molecule has 654 valence electrons. The van der Waals surface area contributed by atoms with Crippen molar-refractivity contribution in [3.8, 4) is 88.4 Å². The van der Waals surface area contributed by atoms with Gasteiger partial charge in [-0.3, -0.25) is 30.3 Å². The fraction of sp³-hybridized carbons (Fsp3) is 0.194. The summed E-state index contributed by atoms with van der Waals surface area (Å²) in [6, 6.07) is 73.2. The summed E-state index contributed by atoms with van der Waals surface area (Å²) in [5.41, 5.74) is 28.9. The van der Waals surface area contributed by atoms with Crippen molar-refractivity contribution in [2.45, 2.75) is 112 Å². The molecule has 0 aliphatic rings. The van der Waals surface area contributed by atoms with Crippen LogP contribution in [-0.2, 0) is 89.9 Å². The van der Waals surface area contributed by atoms with Crippen LogP contribution in [0.5, 0.6) is 11.5 Å². The summed E-state index contributed by atoms with van der Waals surface area (Å²) in [5.74, 6) is 1.67. The van der Waals surface area contributed by atoms with Crippen LogP contribution in [0.2, 0.25) is 0 Å². The number of methoxy groups -OCH3 is 2. The number of ether oxygens (including phenoxy) is 2. The van der Waals surface area contributed by atoms with Crippen LogP contribution >= 0.6 is 46.2 Å². The number of hydrogen-bond acceptors (Lipinski definition) is 24. The van der Waals surface area contributed by atoms with Crippen molar-refractivity contribution in [3.63, 3.8) is 0 Å². The number of pyridine rings is 7. The topological polar surface area (TPSA) is 322 Å². The van der Waals surface area contributed by atoms with E-state index in [1.807, 2.05) is 54.4 Å². The number of unbranched alkanes of at least 4 members (excludes halogenated alkanes) is 3. The van der Waals surface area contributed by atoms with Crippen molar-refractivity contribution in [2.24, 2.45) is 0 Å². The van der Waals surface area contributed by atoms with E-state index in [0.717, 1.165) is 160 Å². The van der Waals surface area contributed by atoms with E-state index in [9.17, 15) is 13.2 Å². The largest absolute Gasteiger partial charge is 2.00 e. The minimum atomic E-state index is -4.76. The van der Waals surface area contributed by atoms with Gasteiger partial charge in [-0.2, -0.15) is 56.7 Å². The molecule has 128 heavy (non-hydrogen) atoms. The van der Waals surface area contributed by atoms with Gasteiger partial charge in [0, 0.05) is 74.1 Å². The number of hydrogen-bond donors (Lipinski definition) is 1. The molecule has 0 fully saturated rings. The van der Waals surface area contributed by atoms with Gasteiger partial charge in [-0.15, -0.1) is 39.7 Å². The maximum absolute atomic E-state index is 12.5. The molecule has 22 nitrogen and oxygen atoms in total. The fourth-order valence-corrected chi connectivity index (χ4v) is 15.7. The van der Waals surface area contributed by atoms with Gasteiger partial charge in [-0.05, 0) is 296 Å². The molecule has 0 spiro atoms. The van der Waals surface area contributed by atoms with Gasteiger partial charge in [0.05, 0.1) is 59.8 Å². The second-order valence-corrected chi connectivity index (χ2v) is 30.5. The van der Waals surface area contributed by atoms with Gasteiger partial charge >= 0.3 is 50.3 Å². The Bertz CT molecular complexity index is 5760. The van der Waals surface area contributed by atoms with Gasteiger partial charge in [0.2, 0.25) is 0 Å². The minimum Gasteiger partial charge on any atom is -0.753 e. The summed E-state index contributed by atoms with van der Waals surface area (Å²) in [5, 5.41) is 19.7. The second kappa shape index (κ2) is 54.1. The Labute approximate surface area is 770 Å². The van der Waals surface area contributed by atoms with Crippen LogP contribution in [0.1, 0.15) is 105 Å². The van der Waals surface area contributed by atoms with Gasteiger partial charge in [-0.1, -0.05) is 101 Å². The van der Waals surface area contributed by atoms with Gasteiger partial charge in [-0.25, -0.2) is 9.97 Å². The third-order valence-corrected chi connectivity index (χ3v) is 22.2. The van der Waals surface area contributed by atoms with Crippen molar-refractivity contribution in [2.75, 3.05) is 24.0 Å². The summed E-state index contributed by atoms with van der Waals surface area (Å²) < 4.78 is 48.3. The van der Waals surface area contributed by atoms with E-state index < -0.39 is 17.6 Å². The van der Waals surface area contributed by atoms with E-state index in [4.69, 9.17) is 84.3 Å². The van der Waals surface area contributed by atoms with E-state index in [-0.39, 0.29) is 49.8 Å². The molecule has 10 aromatic heterocycles. The standard InChI is InChI=1S/2C37H34N4OS.C19H21F3N3S.CNS.4CO2.Ru/c2*1-5-26-17-19-38-32(21-26)34-22-27(6-2)23-35(40-34)33-24-28(18-20-39-33)36-15-16-37(43-36)41(29-9-7-25(3)8-10-29)30-11-13-31(42-4)14-12-30;1-2-3-4-5-6-13-8-10-26-18(13)14-7-9-25-16(11-14)15(23)12-17(24)19(20,21)22;5*2-1-3;/h2*7-24H,5-6H2,1-4H3;7-12,23-24H,2-6H2,1H3;;;;;;/q;;2*-1;;;;;+2/b;;15-12-,24-17?;;;;;;. The summed E-state index contributed by atoms with van der Waals surface area (Å²) in [6.07, 6.45) is 15.1. The van der Waals surface area contributed by atoms with Crippen LogP contribution in [0.15, 0.2) is 255 Å². The molecule has 0 aliphatic carbocycles. The number of carbonyl (C=O) groups excluding carboxylic acids is 8. The monoisotopic (exact) mass is 1880 g/mol. The Morgan fingerprint density at radius 3 is 1.16 bits per heavy atom. The third kappa shape index (κ3) is 30.8. The number of benzene rings is 4. The number of thiocarbonyl (C=S) groups is 1. The summed E-state index contributed by atoms with van der Waals surface area (Å²) in [6.45, 7) is 15.0. The summed E-state index contributed by atoms with van der Waals surface area (Å²) in [7, 11) is 3.38. The van der Waals surface area contributed by atoms with Crippen molar-refractivity contribution in [3.05, 3.63) is 311 Å². The van der Waals surface area contributed by atoms with Crippen molar-refractivity contribution in [1.82, 2.24) is 34.9 Å². The van der Waals surface area contributed by atoms with Gasteiger partial charge in [0.1, 0.15) is 27.2 Å². The van der Waals surface area contributed by atoms with Crippen molar-refractivity contribution >= 4 is 120 Å². The van der Waals surface area contributed by atoms with Crippen LogP contribution in [0.25, 0.3) is 93.7 Å². The number of nitrogens with zero attached hydrogens (tertiary/aromatic N) is 10. The first-order valence-electron chi connectivity index (χ1n) is 39.7. The predicted octanol–water partition coefficient (Wildman–Crippen LogP) is 24.9. The van der Waals surface area contributed by atoms with Crippen molar-refractivity contribution in [1.29, 1.82) is 5.41 Å². The molecule has 0 saturated heterocycles. The van der Waals surface area contributed by atoms with Crippen LogP contribution in [0, 0.1) is 19.3 Å². The molecule has 0 amide bonds. The Morgan fingerprint density at radius 1 is 0.461 bits per heavy atom. The number of isothiocyanates is 1. The first-order chi connectivity index (χ1) is 61.5. The molecule has 0 saturated carbocycles. The number of halogens is 3. The van der Waals surface area contributed by atoms with E-state index in [0.29, 0.717) is 6.08 Å². The minimum absolute atomic E-state index is 0. The van der Waals surface area contributed by atoms with Gasteiger partial charge in [0.15, 0.2) is 0 Å².